The maximum atomic E-state index is 12.0. The van der Waals surface area contributed by atoms with E-state index in [9.17, 15) is 4.79 Å². The summed E-state index contributed by atoms with van der Waals surface area (Å²) in [6.45, 7) is 6.34. The van der Waals surface area contributed by atoms with Gasteiger partial charge in [-0.2, -0.15) is 0 Å². The summed E-state index contributed by atoms with van der Waals surface area (Å²) in [4.78, 5) is 16.5. The molecule has 0 saturated heterocycles. The number of nitrogens with two attached hydrogens (primary N) is 1. The van der Waals surface area contributed by atoms with E-state index in [1.54, 1.807) is 0 Å². The second-order valence-electron chi connectivity index (χ2n) is 6.58. The number of amides is 1. The van der Waals surface area contributed by atoms with Gasteiger partial charge in [-0.3, -0.25) is 4.79 Å². The number of nitrogens with zero attached hydrogens (tertiary/aromatic N) is 1. The average molecular weight is 281 g/mol. The number of anilines is 1. The zero-order valence-electron chi connectivity index (χ0n) is 12.0. The van der Waals surface area contributed by atoms with Crippen LogP contribution in [0.15, 0.2) is 5.38 Å². The number of hydrogen-bond acceptors (Lipinski definition) is 4. The first-order valence-corrected chi connectivity index (χ1v) is 7.71. The highest BCUT2D eigenvalue weighted by molar-refractivity contribution is 7.13. The molecule has 1 saturated carbocycles. The molecule has 4 nitrogen and oxygen atoms in total. The predicted molar refractivity (Wildman–Crippen MR) is 79.4 cm³/mol. The van der Waals surface area contributed by atoms with Crippen LogP contribution in [0.4, 0.5) is 5.13 Å². The van der Waals surface area contributed by atoms with Crippen LogP contribution >= 0.6 is 11.3 Å². The zero-order valence-corrected chi connectivity index (χ0v) is 12.8. The van der Waals surface area contributed by atoms with Crippen LogP contribution < -0.4 is 11.1 Å². The van der Waals surface area contributed by atoms with Crippen LogP contribution in [-0.2, 0) is 10.2 Å². The van der Waals surface area contributed by atoms with Gasteiger partial charge in [0.15, 0.2) is 5.13 Å². The van der Waals surface area contributed by atoms with Crippen molar-refractivity contribution in [2.45, 2.75) is 63.8 Å². The number of thiazole rings is 1. The maximum Gasteiger partial charge on any atom is 0.228 e. The molecule has 0 spiro atoms. The molecule has 0 aliphatic heterocycles. The van der Waals surface area contributed by atoms with Crippen LogP contribution in [0.1, 0.15) is 58.6 Å². The Hall–Kier alpha value is -0.940. The largest absolute Gasteiger partial charge is 0.325 e. The number of rotatable bonds is 3. The van der Waals surface area contributed by atoms with Crippen molar-refractivity contribution in [2.24, 2.45) is 5.73 Å². The lowest BCUT2D eigenvalue weighted by atomic mass is 9.93. The average Bonchev–Trinajstić information content (AvgIpc) is 2.86. The minimum atomic E-state index is -0.297. The van der Waals surface area contributed by atoms with Crippen molar-refractivity contribution < 1.29 is 4.79 Å². The van der Waals surface area contributed by atoms with Crippen molar-refractivity contribution in [1.29, 1.82) is 0 Å². The number of nitrogens with one attached hydrogen (secondary N) is 1. The second kappa shape index (κ2) is 5.21. The van der Waals surface area contributed by atoms with E-state index >= 15 is 0 Å². The molecule has 0 aromatic carbocycles. The van der Waals surface area contributed by atoms with E-state index in [0.29, 0.717) is 11.6 Å². The summed E-state index contributed by atoms with van der Waals surface area (Å²) in [5.41, 5.74) is 6.94. The third-order valence-corrected chi connectivity index (χ3v) is 4.39. The summed E-state index contributed by atoms with van der Waals surface area (Å²) in [7, 11) is 0. The highest BCUT2D eigenvalue weighted by Crippen LogP contribution is 2.31. The van der Waals surface area contributed by atoms with Crippen LogP contribution in [0, 0.1) is 0 Å². The van der Waals surface area contributed by atoms with Crippen molar-refractivity contribution in [3.63, 3.8) is 0 Å². The molecule has 1 aromatic rings. The van der Waals surface area contributed by atoms with Gasteiger partial charge in [-0.05, 0) is 12.8 Å². The second-order valence-corrected chi connectivity index (χ2v) is 7.44. The molecule has 19 heavy (non-hydrogen) atoms. The van der Waals surface area contributed by atoms with E-state index in [1.165, 1.54) is 11.3 Å². The lowest BCUT2D eigenvalue weighted by molar-refractivity contribution is -0.117. The number of carbonyl (C=O) groups is 1. The fraction of sp³-hybridized carbons (Fsp3) is 0.714. The van der Waals surface area contributed by atoms with Gasteiger partial charge >= 0.3 is 0 Å². The first-order valence-electron chi connectivity index (χ1n) is 6.83. The maximum absolute atomic E-state index is 12.0. The lowest BCUT2D eigenvalue weighted by Crippen LogP contribution is -2.40. The van der Waals surface area contributed by atoms with Crippen LogP contribution in [0.2, 0.25) is 0 Å². The van der Waals surface area contributed by atoms with Crippen LogP contribution in [0.3, 0.4) is 0 Å². The number of hydrogen-bond donors (Lipinski definition) is 2. The van der Waals surface area contributed by atoms with E-state index in [0.717, 1.165) is 31.4 Å². The Morgan fingerprint density at radius 1 is 1.47 bits per heavy atom. The Kier molecular flexibility index (Phi) is 3.97. The Balaban J connectivity index is 1.94. The molecule has 1 aromatic heterocycles. The SMILES string of the molecule is CC(C)(C)c1csc(NC(=O)CC2(N)CCCC2)n1. The van der Waals surface area contributed by atoms with Gasteiger partial charge in [0, 0.05) is 22.8 Å². The van der Waals surface area contributed by atoms with E-state index < -0.39 is 0 Å². The summed E-state index contributed by atoms with van der Waals surface area (Å²) < 4.78 is 0. The van der Waals surface area contributed by atoms with E-state index in [4.69, 9.17) is 5.73 Å². The van der Waals surface area contributed by atoms with Crippen molar-refractivity contribution in [1.82, 2.24) is 4.98 Å². The molecule has 1 amide bonds. The predicted octanol–water partition coefficient (Wildman–Crippen LogP) is 3.04. The summed E-state index contributed by atoms with van der Waals surface area (Å²) in [6, 6.07) is 0. The smallest absolute Gasteiger partial charge is 0.228 e. The standard InChI is InChI=1S/C14H23N3OS/c1-13(2,3)10-9-19-12(16-10)17-11(18)8-14(15)6-4-5-7-14/h9H,4-8,15H2,1-3H3,(H,16,17,18). The fourth-order valence-electron chi connectivity index (χ4n) is 2.41. The molecule has 0 radical (unpaired) electrons. The number of carbonyl (C=O) groups excluding carboxylic acids is 1. The van der Waals surface area contributed by atoms with Gasteiger partial charge in [0.2, 0.25) is 5.91 Å². The highest BCUT2D eigenvalue weighted by atomic mass is 32.1. The zero-order chi connectivity index (χ0) is 14.1. The van der Waals surface area contributed by atoms with E-state index in [-0.39, 0.29) is 16.9 Å². The summed E-state index contributed by atoms with van der Waals surface area (Å²) >= 11 is 1.48. The summed E-state index contributed by atoms with van der Waals surface area (Å²) in [6.07, 6.45) is 4.57. The summed E-state index contributed by atoms with van der Waals surface area (Å²) in [5.74, 6) is -0.0146. The third kappa shape index (κ3) is 3.76. The van der Waals surface area contributed by atoms with Crippen molar-refractivity contribution >= 4 is 22.4 Å². The number of aromatic nitrogens is 1. The summed E-state index contributed by atoms with van der Waals surface area (Å²) in [5, 5.41) is 5.56. The van der Waals surface area contributed by atoms with Crippen LogP contribution in [0.5, 0.6) is 0 Å². The monoisotopic (exact) mass is 281 g/mol. The van der Waals surface area contributed by atoms with Gasteiger partial charge in [0.05, 0.1) is 5.69 Å². The Morgan fingerprint density at radius 2 is 2.11 bits per heavy atom. The Bertz CT molecular complexity index is 456. The van der Waals surface area contributed by atoms with Gasteiger partial charge in [-0.15, -0.1) is 11.3 Å². The third-order valence-electron chi connectivity index (χ3n) is 3.63. The Morgan fingerprint density at radius 3 is 2.63 bits per heavy atom. The van der Waals surface area contributed by atoms with Gasteiger partial charge in [-0.1, -0.05) is 33.6 Å². The molecule has 0 atom stereocenters. The van der Waals surface area contributed by atoms with E-state index in [1.807, 2.05) is 5.38 Å². The quantitative estimate of drug-likeness (QED) is 0.894. The van der Waals surface area contributed by atoms with Crippen molar-refractivity contribution in [2.75, 3.05) is 5.32 Å². The van der Waals surface area contributed by atoms with Crippen LogP contribution in [0.25, 0.3) is 0 Å². The molecule has 0 unspecified atom stereocenters. The van der Waals surface area contributed by atoms with Crippen molar-refractivity contribution in [3.05, 3.63) is 11.1 Å². The van der Waals surface area contributed by atoms with Gasteiger partial charge < -0.3 is 11.1 Å². The first-order chi connectivity index (χ1) is 8.78. The molecule has 1 fully saturated rings. The van der Waals surface area contributed by atoms with E-state index in [2.05, 4.69) is 31.1 Å². The lowest BCUT2D eigenvalue weighted by Gasteiger charge is -2.22. The molecule has 2 rings (SSSR count). The minimum absolute atomic E-state index is 0.0139. The molecule has 106 valence electrons. The highest BCUT2D eigenvalue weighted by Gasteiger charge is 2.32. The van der Waals surface area contributed by atoms with Gasteiger partial charge in [0.1, 0.15) is 0 Å². The molecule has 3 N–H and O–H groups in total. The normalized spacial score (nSPS) is 18.5. The minimum Gasteiger partial charge on any atom is -0.325 e. The van der Waals surface area contributed by atoms with Gasteiger partial charge in [0.25, 0.3) is 0 Å². The molecule has 1 aliphatic rings. The molecular formula is C14H23N3OS. The topological polar surface area (TPSA) is 68.0 Å². The molecule has 1 heterocycles. The Labute approximate surface area is 118 Å². The molecule has 5 heteroatoms. The fourth-order valence-corrected chi connectivity index (χ4v) is 3.37. The first kappa shape index (κ1) is 14.5. The molecule has 1 aliphatic carbocycles. The van der Waals surface area contributed by atoms with Crippen LogP contribution in [-0.4, -0.2) is 16.4 Å². The molecular weight excluding hydrogens is 258 g/mol. The molecule has 0 bridgehead atoms. The van der Waals surface area contributed by atoms with Gasteiger partial charge in [-0.25, -0.2) is 4.98 Å². The van der Waals surface area contributed by atoms with Crippen molar-refractivity contribution in [3.8, 4) is 0 Å².